The van der Waals surface area contributed by atoms with Crippen molar-refractivity contribution >= 4 is 5.82 Å². The van der Waals surface area contributed by atoms with E-state index in [4.69, 9.17) is 34.2 Å². The number of hydrogen-bond donors (Lipinski definition) is 2. The second-order valence-corrected chi connectivity index (χ2v) is 10.6. The van der Waals surface area contributed by atoms with Crippen LogP contribution in [0.2, 0.25) is 0 Å². The summed E-state index contributed by atoms with van der Waals surface area (Å²) in [5, 5.41) is 11.5. The monoisotopic (exact) mass is 617 g/mol. The Morgan fingerprint density at radius 3 is 2.20 bits per heavy atom. The zero-order chi connectivity index (χ0) is 32.0. The van der Waals surface area contributed by atoms with E-state index in [1.54, 1.807) is 28.3 Å². The van der Waals surface area contributed by atoms with Crippen LogP contribution in [-0.4, -0.2) is 74.1 Å². The van der Waals surface area contributed by atoms with Gasteiger partial charge in [-0.15, -0.1) is 0 Å². The van der Waals surface area contributed by atoms with Crippen LogP contribution in [-0.2, 0) is 24.5 Å². The lowest BCUT2D eigenvalue weighted by molar-refractivity contribution is -0.107. The molecule has 3 aromatic carbocycles. The molecule has 238 valence electrons. The van der Waals surface area contributed by atoms with Gasteiger partial charge in [0.05, 0.1) is 34.0 Å². The van der Waals surface area contributed by atoms with E-state index < -0.39 is 35.8 Å². The maximum absolute atomic E-state index is 12.9. The van der Waals surface area contributed by atoms with Crippen molar-refractivity contribution in [3.05, 3.63) is 118 Å². The van der Waals surface area contributed by atoms with Crippen LogP contribution in [0.5, 0.6) is 11.5 Å². The summed E-state index contributed by atoms with van der Waals surface area (Å²) in [6, 6.07) is 25.2. The zero-order valence-corrected chi connectivity index (χ0v) is 25.8. The number of aliphatic hydroxyl groups is 1. The number of aliphatic hydroxyl groups excluding tert-OH is 1. The number of para-hydroxylation sites is 1. The summed E-state index contributed by atoms with van der Waals surface area (Å²) in [5.74, 6) is 1.15. The Bertz CT molecular complexity index is 1580. The first-order valence-corrected chi connectivity index (χ1v) is 14.6. The van der Waals surface area contributed by atoms with Gasteiger partial charge in [-0.1, -0.05) is 72.8 Å². The molecule has 4 aromatic rings. The number of rotatable bonds is 13. The number of nitrogens with two attached hydrogens (primary N) is 1. The van der Waals surface area contributed by atoms with Gasteiger partial charge in [0.25, 0.3) is 0 Å². The van der Waals surface area contributed by atoms with E-state index in [1.165, 1.54) is 10.8 Å². The van der Waals surface area contributed by atoms with Gasteiger partial charge in [-0.2, -0.15) is 4.98 Å². The Hall–Kier alpha value is -4.26. The molecule has 1 saturated heterocycles. The first kappa shape index (κ1) is 32.1. The molecule has 4 atom stereocenters. The van der Waals surface area contributed by atoms with Crippen LogP contribution in [0.4, 0.5) is 5.82 Å². The fourth-order valence-electron chi connectivity index (χ4n) is 5.76. The van der Waals surface area contributed by atoms with Gasteiger partial charge in [0.1, 0.15) is 29.7 Å². The van der Waals surface area contributed by atoms with Gasteiger partial charge < -0.3 is 39.3 Å². The quantitative estimate of drug-likeness (QED) is 0.170. The van der Waals surface area contributed by atoms with Gasteiger partial charge in [-0.25, -0.2) is 4.79 Å². The molecule has 11 heteroatoms. The molecule has 0 aliphatic carbocycles. The minimum atomic E-state index is -1.23. The second-order valence-electron chi connectivity index (χ2n) is 10.6. The number of ether oxygens (including phenoxy) is 6. The van der Waals surface area contributed by atoms with Gasteiger partial charge in [0, 0.05) is 24.4 Å². The molecule has 5 rings (SSSR count). The number of nitrogens with zero attached hydrogens (tertiary/aromatic N) is 2. The van der Waals surface area contributed by atoms with Crippen LogP contribution in [0.3, 0.4) is 0 Å². The molecule has 0 saturated carbocycles. The van der Waals surface area contributed by atoms with Crippen molar-refractivity contribution in [2.24, 2.45) is 0 Å². The Balaban J connectivity index is 1.62. The Morgan fingerprint density at radius 2 is 1.60 bits per heavy atom. The summed E-state index contributed by atoms with van der Waals surface area (Å²) in [7, 11) is 4.73. The molecule has 1 aromatic heterocycles. The minimum Gasteiger partial charge on any atom is -0.493 e. The molecule has 3 N–H and O–H groups in total. The average molecular weight is 618 g/mol. The van der Waals surface area contributed by atoms with Gasteiger partial charge in [0.2, 0.25) is 0 Å². The van der Waals surface area contributed by atoms with Crippen LogP contribution >= 0.6 is 0 Å². The van der Waals surface area contributed by atoms with Crippen molar-refractivity contribution in [1.29, 1.82) is 0 Å². The van der Waals surface area contributed by atoms with E-state index in [2.05, 4.69) is 4.98 Å². The number of aryl methyl sites for hydroxylation is 1. The predicted octanol–water partition coefficient (Wildman–Crippen LogP) is 3.45. The molecular formula is C34H39N3O8. The Morgan fingerprint density at radius 1 is 0.933 bits per heavy atom. The lowest BCUT2D eigenvalue weighted by Gasteiger charge is -2.38. The molecule has 0 spiro atoms. The van der Waals surface area contributed by atoms with Gasteiger partial charge in [-0.3, -0.25) is 4.57 Å². The maximum Gasteiger partial charge on any atom is 0.351 e. The summed E-state index contributed by atoms with van der Waals surface area (Å²) < 4.78 is 37.5. The fourth-order valence-corrected chi connectivity index (χ4v) is 5.76. The van der Waals surface area contributed by atoms with Crippen LogP contribution in [0, 0.1) is 6.92 Å². The van der Waals surface area contributed by atoms with Crippen LogP contribution in [0.25, 0.3) is 0 Å². The van der Waals surface area contributed by atoms with E-state index >= 15 is 0 Å². The van der Waals surface area contributed by atoms with E-state index in [0.717, 1.165) is 11.1 Å². The van der Waals surface area contributed by atoms with Crippen molar-refractivity contribution in [2.45, 2.75) is 37.1 Å². The summed E-state index contributed by atoms with van der Waals surface area (Å²) in [4.78, 5) is 16.8. The largest absolute Gasteiger partial charge is 0.493 e. The number of aromatic nitrogens is 2. The summed E-state index contributed by atoms with van der Waals surface area (Å²) >= 11 is 0. The number of hydrogen-bond acceptors (Lipinski definition) is 10. The molecule has 1 aliphatic rings. The predicted molar refractivity (Wildman–Crippen MR) is 167 cm³/mol. The highest BCUT2D eigenvalue weighted by molar-refractivity contribution is 5.57. The lowest BCUT2D eigenvalue weighted by atomic mass is 9.79. The van der Waals surface area contributed by atoms with E-state index in [0.29, 0.717) is 29.2 Å². The first-order chi connectivity index (χ1) is 21.8. The number of anilines is 1. The summed E-state index contributed by atoms with van der Waals surface area (Å²) in [6.07, 6.45) is -2.49. The van der Waals surface area contributed by atoms with Crippen LogP contribution < -0.4 is 20.9 Å². The van der Waals surface area contributed by atoms with Gasteiger partial charge >= 0.3 is 5.69 Å². The Labute approximate surface area is 262 Å². The summed E-state index contributed by atoms with van der Waals surface area (Å²) in [5.41, 5.74) is 6.90. The normalized spacial score (nSPS) is 19.8. The third-order valence-corrected chi connectivity index (χ3v) is 7.96. The van der Waals surface area contributed by atoms with Gasteiger partial charge in [0.15, 0.2) is 17.7 Å². The van der Waals surface area contributed by atoms with Crippen molar-refractivity contribution < 1.29 is 33.5 Å². The topological polar surface area (TPSA) is 137 Å². The van der Waals surface area contributed by atoms with Crippen molar-refractivity contribution in [2.75, 3.05) is 46.9 Å². The van der Waals surface area contributed by atoms with Crippen LogP contribution in [0.15, 0.2) is 89.9 Å². The molecule has 0 unspecified atom stereocenters. The third kappa shape index (κ3) is 6.31. The maximum atomic E-state index is 12.9. The Kier molecular flexibility index (Phi) is 10.2. The fraction of sp³-hybridized carbons (Fsp3) is 0.353. The minimum absolute atomic E-state index is 0.0501. The average Bonchev–Trinajstić information content (AvgIpc) is 3.38. The van der Waals surface area contributed by atoms with E-state index in [-0.39, 0.29) is 19.0 Å². The zero-order valence-electron chi connectivity index (χ0n) is 25.8. The summed E-state index contributed by atoms with van der Waals surface area (Å²) in [6.45, 7) is 2.15. The van der Waals surface area contributed by atoms with Gasteiger partial charge in [-0.05, 0) is 24.1 Å². The first-order valence-electron chi connectivity index (χ1n) is 14.6. The molecule has 0 amide bonds. The molecule has 0 bridgehead atoms. The molecule has 1 fully saturated rings. The van der Waals surface area contributed by atoms with Crippen molar-refractivity contribution in [1.82, 2.24) is 9.55 Å². The molecule has 0 radical (unpaired) electrons. The van der Waals surface area contributed by atoms with Crippen molar-refractivity contribution in [3.8, 4) is 11.5 Å². The molecule has 2 heterocycles. The number of benzene rings is 3. The van der Waals surface area contributed by atoms with E-state index in [1.807, 2.05) is 78.9 Å². The molecule has 11 nitrogen and oxygen atoms in total. The lowest BCUT2D eigenvalue weighted by Crippen LogP contribution is -2.41. The standard InChI is InChI=1S/C34H39N3O8/c1-22-20-37(33(39)36-31(22)35)32-28(38)30(43-19-18-40-2)27(45-32)21-44-34(23-12-7-5-8-13-23,24-14-9-6-10-15-24)25-16-11-17-26(41-3)29(25)42-4/h5-17,20,27-28,30,32,38H,18-19,21H2,1-4H3,(H2,35,36,39)/t27-,28-,30-,32-/m1/s1. The van der Waals surface area contributed by atoms with E-state index in [9.17, 15) is 9.90 Å². The highest BCUT2D eigenvalue weighted by atomic mass is 16.6. The SMILES string of the molecule is COCCO[C@H]1[C@@H](O)[C@H](n2cc(C)c(N)nc2=O)O[C@@H]1COC(c1ccccc1)(c1ccccc1)c1cccc(OC)c1OC. The smallest absolute Gasteiger partial charge is 0.351 e. The highest BCUT2D eigenvalue weighted by Crippen LogP contribution is 2.48. The van der Waals surface area contributed by atoms with Crippen molar-refractivity contribution in [3.63, 3.8) is 0 Å². The van der Waals surface area contributed by atoms with Crippen LogP contribution in [0.1, 0.15) is 28.5 Å². The number of methoxy groups -OCH3 is 3. The third-order valence-electron chi connectivity index (χ3n) is 7.96. The molecular weight excluding hydrogens is 578 g/mol. The highest BCUT2D eigenvalue weighted by Gasteiger charge is 2.49. The molecule has 1 aliphatic heterocycles. The molecule has 45 heavy (non-hydrogen) atoms. The number of nitrogen functional groups attached to an aromatic ring is 1. The second kappa shape index (κ2) is 14.2.